The zero-order chi connectivity index (χ0) is 14.5. The van der Waals surface area contributed by atoms with Gasteiger partial charge in [-0.3, -0.25) is 11.3 Å². The first-order valence-corrected chi connectivity index (χ1v) is 6.97. The van der Waals surface area contributed by atoms with Crippen LogP contribution in [-0.2, 0) is 6.42 Å². The summed E-state index contributed by atoms with van der Waals surface area (Å²) < 4.78 is 1.87. The SMILES string of the molecule is NNC(Cc1ccccc1)c1cnn(-c2ccccc2)c1. The molecule has 0 aliphatic heterocycles. The Hall–Kier alpha value is -2.43. The Morgan fingerprint density at radius 1 is 1.00 bits per heavy atom. The van der Waals surface area contributed by atoms with Crippen molar-refractivity contribution in [3.63, 3.8) is 0 Å². The van der Waals surface area contributed by atoms with E-state index in [9.17, 15) is 0 Å². The van der Waals surface area contributed by atoms with Crippen molar-refractivity contribution in [3.8, 4) is 5.69 Å². The predicted molar refractivity (Wildman–Crippen MR) is 83.8 cm³/mol. The highest BCUT2D eigenvalue weighted by atomic mass is 15.3. The summed E-state index contributed by atoms with van der Waals surface area (Å²) in [4.78, 5) is 0. The van der Waals surface area contributed by atoms with Crippen LogP contribution >= 0.6 is 0 Å². The van der Waals surface area contributed by atoms with Gasteiger partial charge in [-0.1, -0.05) is 48.5 Å². The molecule has 3 rings (SSSR count). The van der Waals surface area contributed by atoms with E-state index in [0.717, 1.165) is 17.7 Å². The number of benzene rings is 2. The number of hydrogen-bond donors (Lipinski definition) is 2. The molecule has 0 saturated carbocycles. The van der Waals surface area contributed by atoms with Crippen molar-refractivity contribution in [1.29, 1.82) is 0 Å². The molecule has 4 heteroatoms. The highest BCUT2D eigenvalue weighted by Crippen LogP contribution is 2.18. The monoisotopic (exact) mass is 278 g/mol. The van der Waals surface area contributed by atoms with Crippen LogP contribution in [-0.4, -0.2) is 9.78 Å². The molecule has 0 amide bonds. The molecule has 1 heterocycles. The summed E-state index contributed by atoms with van der Waals surface area (Å²) in [6.07, 6.45) is 4.71. The van der Waals surface area contributed by atoms with Crippen LogP contribution in [0.15, 0.2) is 73.1 Å². The third-order valence-corrected chi connectivity index (χ3v) is 3.51. The molecule has 0 saturated heterocycles. The van der Waals surface area contributed by atoms with Crippen molar-refractivity contribution >= 4 is 0 Å². The summed E-state index contributed by atoms with van der Waals surface area (Å²) in [7, 11) is 0. The summed E-state index contributed by atoms with van der Waals surface area (Å²) >= 11 is 0. The van der Waals surface area contributed by atoms with Gasteiger partial charge in [0.25, 0.3) is 0 Å². The number of nitrogens with two attached hydrogens (primary N) is 1. The van der Waals surface area contributed by atoms with Crippen LogP contribution < -0.4 is 11.3 Å². The maximum Gasteiger partial charge on any atom is 0.0645 e. The van der Waals surface area contributed by atoms with E-state index < -0.39 is 0 Å². The molecule has 3 N–H and O–H groups in total. The second-order valence-corrected chi connectivity index (χ2v) is 4.96. The summed E-state index contributed by atoms with van der Waals surface area (Å²) in [5.41, 5.74) is 6.24. The standard InChI is InChI=1S/C17H18N4/c18-20-17(11-14-7-3-1-4-8-14)15-12-19-21(13-15)16-9-5-2-6-10-16/h1-10,12-13,17,20H,11,18H2. The Morgan fingerprint density at radius 2 is 1.67 bits per heavy atom. The molecule has 21 heavy (non-hydrogen) atoms. The summed E-state index contributed by atoms with van der Waals surface area (Å²) in [5.74, 6) is 5.71. The molecule has 1 unspecified atom stereocenters. The fraction of sp³-hybridized carbons (Fsp3) is 0.118. The molecule has 0 aliphatic carbocycles. The van der Waals surface area contributed by atoms with Crippen LogP contribution in [0.3, 0.4) is 0 Å². The van der Waals surface area contributed by atoms with Gasteiger partial charge >= 0.3 is 0 Å². The third-order valence-electron chi connectivity index (χ3n) is 3.51. The average molecular weight is 278 g/mol. The van der Waals surface area contributed by atoms with Gasteiger partial charge in [0.05, 0.1) is 17.9 Å². The lowest BCUT2D eigenvalue weighted by Gasteiger charge is -2.14. The highest BCUT2D eigenvalue weighted by molar-refractivity contribution is 5.31. The molecular formula is C17H18N4. The van der Waals surface area contributed by atoms with Crippen molar-refractivity contribution in [2.24, 2.45) is 5.84 Å². The van der Waals surface area contributed by atoms with Crippen LogP contribution in [0.4, 0.5) is 0 Å². The number of para-hydroxylation sites is 1. The maximum atomic E-state index is 5.71. The number of nitrogens with one attached hydrogen (secondary N) is 1. The van der Waals surface area contributed by atoms with E-state index in [0.29, 0.717) is 0 Å². The van der Waals surface area contributed by atoms with Crippen molar-refractivity contribution in [1.82, 2.24) is 15.2 Å². The normalized spacial score (nSPS) is 12.2. The minimum Gasteiger partial charge on any atom is -0.271 e. The average Bonchev–Trinajstić information content (AvgIpc) is 3.04. The lowest BCUT2D eigenvalue weighted by atomic mass is 10.0. The van der Waals surface area contributed by atoms with E-state index in [1.54, 1.807) is 0 Å². The van der Waals surface area contributed by atoms with Crippen molar-refractivity contribution in [2.75, 3.05) is 0 Å². The van der Waals surface area contributed by atoms with E-state index in [-0.39, 0.29) is 6.04 Å². The predicted octanol–water partition coefficient (Wildman–Crippen LogP) is 2.62. The molecule has 4 nitrogen and oxygen atoms in total. The number of aromatic nitrogens is 2. The van der Waals surface area contributed by atoms with Gasteiger partial charge in [0.2, 0.25) is 0 Å². The largest absolute Gasteiger partial charge is 0.271 e. The minimum atomic E-state index is 0.0462. The Labute approximate surface area is 124 Å². The fourth-order valence-corrected chi connectivity index (χ4v) is 2.36. The second-order valence-electron chi connectivity index (χ2n) is 4.96. The van der Waals surface area contributed by atoms with Gasteiger partial charge in [0.15, 0.2) is 0 Å². The van der Waals surface area contributed by atoms with E-state index in [2.05, 4.69) is 22.7 Å². The van der Waals surface area contributed by atoms with Gasteiger partial charge in [0.1, 0.15) is 0 Å². The molecule has 2 aromatic carbocycles. The van der Waals surface area contributed by atoms with E-state index in [1.165, 1.54) is 5.56 Å². The molecule has 0 spiro atoms. The lowest BCUT2D eigenvalue weighted by molar-refractivity contribution is 0.552. The first-order valence-electron chi connectivity index (χ1n) is 6.97. The maximum absolute atomic E-state index is 5.71. The van der Waals surface area contributed by atoms with Crippen LogP contribution in [0.1, 0.15) is 17.2 Å². The third kappa shape index (κ3) is 3.18. The fourth-order valence-electron chi connectivity index (χ4n) is 2.36. The Kier molecular flexibility index (Phi) is 4.09. The van der Waals surface area contributed by atoms with Gasteiger partial charge in [0, 0.05) is 11.8 Å². The topological polar surface area (TPSA) is 55.9 Å². The minimum absolute atomic E-state index is 0.0462. The van der Waals surface area contributed by atoms with Crippen molar-refractivity contribution in [2.45, 2.75) is 12.5 Å². The van der Waals surface area contributed by atoms with Crippen LogP contribution in [0, 0.1) is 0 Å². The zero-order valence-electron chi connectivity index (χ0n) is 11.7. The smallest absolute Gasteiger partial charge is 0.0645 e. The van der Waals surface area contributed by atoms with Gasteiger partial charge < -0.3 is 0 Å². The quantitative estimate of drug-likeness (QED) is 0.557. The Bertz CT molecular complexity index is 676. The van der Waals surface area contributed by atoms with Crippen molar-refractivity contribution in [3.05, 3.63) is 84.2 Å². The summed E-state index contributed by atoms with van der Waals surface area (Å²) in [6.45, 7) is 0. The molecule has 0 aliphatic rings. The first-order chi connectivity index (χ1) is 10.4. The molecular weight excluding hydrogens is 260 g/mol. The molecule has 1 atom stereocenters. The Balaban J connectivity index is 1.81. The zero-order valence-corrected chi connectivity index (χ0v) is 11.7. The molecule has 106 valence electrons. The number of nitrogens with zero attached hydrogens (tertiary/aromatic N) is 2. The number of hydrogen-bond acceptors (Lipinski definition) is 3. The van der Waals surface area contributed by atoms with Gasteiger partial charge in [-0.2, -0.15) is 5.10 Å². The van der Waals surface area contributed by atoms with Crippen molar-refractivity contribution < 1.29 is 0 Å². The van der Waals surface area contributed by atoms with Crippen LogP contribution in [0.25, 0.3) is 5.69 Å². The Morgan fingerprint density at radius 3 is 2.33 bits per heavy atom. The highest BCUT2D eigenvalue weighted by Gasteiger charge is 2.13. The number of rotatable bonds is 5. The second kappa shape index (κ2) is 6.35. The van der Waals surface area contributed by atoms with E-state index in [4.69, 9.17) is 5.84 Å². The van der Waals surface area contributed by atoms with E-state index >= 15 is 0 Å². The van der Waals surface area contributed by atoms with Gasteiger partial charge in [-0.15, -0.1) is 0 Å². The molecule has 3 aromatic rings. The molecule has 0 fully saturated rings. The molecule has 0 radical (unpaired) electrons. The molecule has 1 aromatic heterocycles. The van der Waals surface area contributed by atoms with Crippen LogP contribution in [0.5, 0.6) is 0 Å². The summed E-state index contributed by atoms with van der Waals surface area (Å²) in [5, 5.41) is 4.42. The molecule has 0 bridgehead atoms. The van der Waals surface area contributed by atoms with Gasteiger partial charge in [-0.05, 0) is 24.1 Å². The first kappa shape index (κ1) is 13.5. The lowest BCUT2D eigenvalue weighted by Crippen LogP contribution is -2.29. The van der Waals surface area contributed by atoms with Crippen LogP contribution in [0.2, 0.25) is 0 Å². The number of hydrazine groups is 1. The van der Waals surface area contributed by atoms with E-state index in [1.807, 2.05) is 65.6 Å². The van der Waals surface area contributed by atoms with Gasteiger partial charge in [-0.25, -0.2) is 4.68 Å². The summed E-state index contributed by atoms with van der Waals surface area (Å²) in [6, 6.07) is 20.4.